The number of hydrogen-bond acceptors (Lipinski definition) is 2. The van der Waals surface area contributed by atoms with E-state index in [0.717, 1.165) is 19.5 Å². The number of likely N-dealkylation sites (N-methyl/N-ethyl adjacent to an activating group) is 1. The molecule has 0 fully saturated rings. The summed E-state index contributed by atoms with van der Waals surface area (Å²) in [6, 6.07) is 6.75. The van der Waals surface area contributed by atoms with Gasteiger partial charge >= 0.3 is 0 Å². The molecule has 0 spiro atoms. The van der Waals surface area contributed by atoms with E-state index in [0.29, 0.717) is 0 Å². The van der Waals surface area contributed by atoms with Crippen LogP contribution in [0, 0.1) is 13.8 Å². The van der Waals surface area contributed by atoms with Gasteiger partial charge in [0.25, 0.3) is 0 Å². The normalized spacial score (nSPS) is 11.2. The molecular weight excluding hydrogens is 220 g/mol. The van der Waals surface area contributed by atoms with E-state index in [9.17, 15) is 0 Å². The largest absolute Gasteiger partial charge is 0.320 e. The zero-order chi connectivity index (χ0) is 13.4. The lowest BCUT2D eigenvalue weighted by atomic mass is 10.0. The fourth-order valence-corrected chi connectivity index (χ4v) is 2.18. The summed E-state index contributed by atoms with van der Waals surface area (Å²) in [7, 11) is 4.24. The molecule has 1 rings (SSSR count). The van der Waals surface area contributed by atoms with E-state index >= 15 is 0 Å². The van der Waals surface area contributed by atoms with Gasteiger partial charge in [-0.15, -0.1) is 0 Å². The van der Waals surface area contributed by atoms with Crippen LogP contribution in [0.25, 0.3) is 0 Å². The van der Waals surface area contributed by atoms with Crippen molar-refractivity contribution < 1.29 is 0 Å². The molecule has 0 aromatic heterocycles. The number of nitrogens with one attached hydrogen (secondary N) is 1. The Balaban J connectivity index is 2.29. The Morgan fingerprint density at radius 2 is 1.89 bits per heavy atom. The van der Waals surface area contributed by atoms with Gasteiger partial charge in [0.2, 0.25) is 0 Å². The molecule has 0 aliphatic rings. The van der Waals surface area contributed by atoms with Gasteiger partial charge in [-0.2, -0.15) is 0 Å². The standard InChI is InChI=1S/C16H28N2/c1-14-7-8-15(2)16(13-14)9-12-18(4)11-6-5-10-17-3/h7-8,13,17H,5-6,9-12H2,1-4H3. The Kier molecular flexibility index (Phi) is 6.99. The molecule has 0 atom stereocenters. The monoisotopic (exact) mass is 248 g/mol. The molecule has 0 unspecified atom stereocenters. The maximum Gasteiger partial charge on any atom is 0.00189 e. The molecule has 0 saturated heterocycles. The van der Waals surface area contributed by atoms with Crippen LogP contribution < -0.4 is 5.32 Å². The molecule has 1 aromatic carbocycles. The first-order valence-electron chi connectivity index (χ1n) is 7.02. The maximum atomic E-state index is 3.19. The topological polar surface area (TPSA) is 15.3 Å². The summed E-state index contributed by atoms with van der Waals surface area (Å²) in [6.45, 7) is 7.87. The minimum absolute atomic E-state index is 1.13. The third-order valence-corrected chi connectivity index (χ3v) is 3.48. The minimum atomic E-state index is 1.13. The van der Waals surface area contributed by atoms with Crippen molar-refractivity contribution in [3.8, 4) is 0 Å². The number of hydrogen-bond donors (Lipinski definition) is 1. The van der Waals surface area contributed by atoms with Gasteiger partial charge in [0.05, 0.1) is 0 Å². The highest BCUT2D eigenvalue weighted by molar-refractivity contribution is 5.30. The molecule has 2 nitrogen and oxygen atoms in total. The number of nitrogens with zero attached hydrogens (tertiary/aromatic N) is 1. The van der Waals surface area contributed by atoms with E-state index in [4.69, 9.17) is 0 Å². The van der Waals surface area contributed by atoms with Crippen molar-refractivity contribution in [3.05, 3.63) is 34.9 Å². The van der Waals surface area contributed by atoms with Crippen LogP contribution in [0.15, 0.2) is 18.2 Å². The van der Waals surface area contributed by atoms with Crippen molar-refractivity contribution in [1.29, 1.82) is 0 Å². The molecule has 0 aliphatic carbocycles. The van der Waals surface area contributed by atoms with Gasteiger partial charge in [0.15, 0.2) is 0 Å². The highest BCUT2D eigenvalue weighted by atomic mass is 15.1. The molecule has 0 radical (unpaired) electrons. The second-order valence-electron chi connectivity index (χ2n) is 5.29. The van der Waals surface area contributed by atoms with Gasteiger partial charge in [0.1, 0.15) is 0 Å². The quantitative estimate of drug-likeness (QED) is 0.712. The maximum absolute atomic E-state index is 3.19. The zero-order valence-corrected chi connectivity index (χ0v) is 12.4. The second-order valence-corrected chi connectivity index (χ2v) is 5.29. The van der Waals surface area contributed by atoms with Crippen LogP contribution in [0.2, 0.25) is 0 Å². The fourth-order valence-electron chi connectivity index (χ4n) is 2.18. The van der Waals surface area contributed by atoms with Gasteiger partial charge in [-0.3, -0.25) is 0 Å². The average Bonchev–Trinajstić information content (AvgIpc) is 2.36. The van der Waals surface area contributed by atoms with Crippen molar-refractivity contribution in [3.63, 3.8) is 0 Å². The average molecular weight is 248 g/mol. The molecule has 0 saturated carbocycles. The molecule has 0 amide bonds. The number of rotatable bonds is 8. The molecule has 1 N–H and O–H groups in total. The van der Waals surface area contributed by atoms with Crippen molar-refractivity contribution in [2.75, 3.05) is 33.7 Å². The van der Waals surface area contributed by atoms with Crippen LogP contribution in [0.5, 0.6) is 0 Å². The minimum Gasteiger partial charge on any atom is -0.320 e. The highest BCUT2D eigenvalue weighted by Gasteiger charge is 2.02. The summed E-state index contributed by atoms with van der Waals surface area (Å²) in [5.41, 5.74) is 4.29. The molecule has 0 aliphatic heterocycles. The van der Waals surface area contributed by atoms with E-state index in [1.807, 2.05) is 7.05 Å². The smallest absolute Gasteiger partial charge is 0.00189 e. The van der Waals surface area contributed by atoms with Gasteiger partial charge in [-0.1, -0.05) is 23.8 Å². The van der Waals surface area contributed by atoms with E-state index < -0.39 is 0 Å². The van der Waals surface area contributed by atoms with E-state index in [1.165, 1.54) is 36.1 Å². The lowest BCUT2D eigenvalue weighted by Gasteiger charge is -2.17. The third kappa shape index (κ3) is 5.65. The fraction of sp³-hybridized carbons (Fsp3) is 0.625. The van der Waals surface area contributed by atoms with Crippen LogP contribution in [-0.2, 0) is 6.42 Å². The van der Waals surface area contributed by atoms with E-state index in [2.05, 4.69) is 49.3 Å². The molecular formula is C16H28N2. The third-order valence-electron chi connectivity index (χ3n) is 3.48. The Bertz CT molecular complexity index is 347. The van der Waals surface area contributed by atoms with Crippen molar-refractivity contribution in [2.45, 2.75) is 33.1 Å². The molecule has 2 heteroatoms. The SMILES string of the molecule is CNCCCCN(C)CCc1cc(C)ccc1C. The van der Waals surface area contributed by atoms with Gasteiger partial charge in [-0.25, -0.2) is 0 Å². The molecule has 102 valence electrons. The van der Waals surface area contributed by atoms with Crippen LogP contribution in [0.4, 0.5) is 0 Å². The number of aryl methyl sites for hydroxylation is 2. The summed E-state index contributed by atoms with van der Waals surface area (Å²) in [4.78, 5) is 2.44. The van der Waals surface area contributed by atoms with Gasteiger partial charge in [-0.05, 0) is 71.4 Å². The predicted octanol–water partition coefficient (Wildman–Crippen LogP) is 2.78. The van der Waals surface area contributed by atoms with E-state index in [1.54, 1.807) is 0 Å². The Morgan fingerprint density at radius 1 is 1.11 bits per heavy atom. The Labute approximate surface area is 112 Å². The van der Waals surface area contributed by atoms with Crippen molar-refractivity contribution in [2.24, 2.45) is 0 Å². The molecule has 0 bridgehead atoms. The van der Waals surface area contributed by atoms with Crippen molar-refractivity contribution in [1.82, 2.24) is 10.2 Å². The first-order valence-corrected chi connectivity index (χ1v) is 7.02. The summed E-state index contributed by atoms with van der Waals surface area (Å²) in [6.07, 6.45) is 3.71. The van der Waals surface area contributed by atoms with Crippen LogP contribution in [0.1, 0.15) is 29.5 Å². The van der Waals surface area contributed by atoms with Crippen LogP contribution in [0.3, 0.4) is 0 Å². The number of unbranched alkanes of at least 4 members (excludes halogenated alkanes) is 1. The number of benzene rings is 1. The van der Waals surface area contributed by atoms with Crippen molar-refractivity contribution >= 4 is 0 Å². The first-order chi connectivity index (χ1) is 8.63. The molecule has 18 heavy (non-hydrogen) atoms. The molecule has 0 heterocycles. The summed E-state index contributed by atoms with van der Waals surface area (Å²) >= 11 is 0. The summed E-state index contributed by atoms with van der Waals surface area (Å²) in [5, 5.41) is 3.19. The summed E-state index contributed by atoms with van der Waals surface area (Å²) in [5.74, 6) is 0. The second kappa shape index (κ2) is 8.28. The molecule has 1 aromatic rings. The predicted molar refractivity (Wildman–Crippen MR) is 80.3 cm³/mol. The van der Waals surface area contributed by atoms with E-state index in [-0.39, 0.29) is 0 Å². The van der Waals surface area contributed by atoms with Crippen LogP contribution in [-0.4, -0.2) is 38.6 Å². The van der Waals surface area contributed by atoms with Gasteiger partial charge < -0.3 is 10.2 Å². The first kappa shape index (κ1) is 15.2. The lowest BCUT2D eigenvalue weighted by molar-refractivity contribution is 0.329. The summed E-state index contributed by atoms with van der Waals surface area (Å²) < 4.78 is 0. The highest BCUT2D eigenvalue weighted by Crippen LogP contribution is 2.11. The Morgan fingerprint density at radius 3 is 2.61 bits per heavy atom. The Hall–Kier alpha value is -0.860. The lowest BCUT2D eigenvalue weighted by Crippen LogP contribution is -2.23. The zero-order valence-electron chi connectivity index (χ0n) is 12.4. The van der Waals surface area contributed by atoms with Gasteiger partial charge in [0, 0.05) is 6.54 Å². The van der Waals surface area contributed by atoms with Crippen LogP contribution >= 0.6 is 0 Å².